The highest BCUT2D eigenvalue weighted by Gasteiger charge is 2.25. The van der Waals surface area contributed by atoms with Gasteiger partial charge in [0, 0.05) is 42.0 Å². The molecule has 0 saturated carbocycles. The van der Waals surface area contributed by atoms with E-state index in [4.69, 9.17) is 14.5 Å². The molecular formula is C30H28FN3O3. The van der Waals surface area contributed by atoms with Crippen LogP contribution in [0.1, 0.15) is 54.4 Å². The molecule has 0 amide bonds. The third-order valence-electron chi connectivity index (χ3n) is 6.71. The Bertz CT molecular complexity index is 1590. The summed E-state index contributed by atoms with van der Waals surface area (Å²) in [6.45, 7) is 6.36. The van der Waals surface area contributed by atoms with Gasteiger partial charge in [0.25, 0.3) is 0 Å². The maximum atomic E-state index is 14.0. The number of nitriles is 1. The summed E-state index contributed by atoms with van der Waals surface area (Å²) in [6, 6.07) is 18.6. The minimum Gasteiger partial charge on any atom is -0.488 e. The van der Waals surface area contributed by atoms with Crippen molar-refractivity contribution in [3.63, 3.8) is 0 Å². The van der Waals surface area contributed by atoms with Crippen molar-refractivity contribution in [3.8, 4) is 11.8 Å². The number of methoxy groups -OCH3 is 1. The first-order chi connectivity index (χ1) is 17.7. The molecule has 0 fully saturated rings. The van der Waals surface area contributed by atoms with Gasteiger partial charge in [0.2, 0.25) is 0 Å². The van der Waals surface area contributed by atoms with Crippen molar-refractivity contribution in [2.24, 2.45) is 0 Å². The Morgan fingerprint density at radius 3 is 2.70 bits per heavy atom. The highest BCUT2D eigenvalue weighted by molar-refractivity contribution is 5.88. The van der Waals surface area contributed by atoms with Gasteiger partial charge in [0.1, 0.15) is 30.6 Å². The monoisotopic (exact) mass is 497 g/mol. The van der Waals surface area contributed by atoms with Crippen LogP contribution in [0.15, 0.2) is 60.2 Å². The molecule has 0 spiro atoms. The molecule has 0 radical (unpaired) electrons. The number of benzene rings is 3. The number of rotatable bonds is 5. The quantitative estimate of drug-likeness (QED) is 0.351. The maximum absolute atomic E-state index is 14.0. The van der Waals surface area contributed by atoms with Crippen molar-refractivity contribution in [1.82, 2.24) is 9.55 Å². The predicted molar refractivity (Wildman–Crippen MR) is 139 cm³/mol. The average molecular weight is 498 g/mol. The van der Waals surface area contributed by atoms with Gasteiger partial charge in [-0.3, -0.25) is 0 Å². The Morgan fingerprint density at radius 1 is 1.19 bits per heavy atom. The topological polar surface area (TPSA) is 80.3 Å². The maximum Gasteiger partial charge on any atom is 0.136 e. The number of aliphatic hydroxyl groups is 1. The van der Waals surface area contributed by atoms with Crippen LogP contribution in [0.25, 0.3) is 16.6 Å². The summed E-state index contributed by atoms with van der Waals surface area (Å²) in [5.41, 5.74) is 6.16. The van der Waals surface area contributed by atoms with Crippen molar-refractivity contribution in [1.29, 1.82) is 5.26 Å². The zero-order valence-corrected chi connectivity index (χ0v) is 21.3. The molecule has 7 heteroatoms. The molecule has 1 aliphatic heterocycles. The van der Waals surface area contributed by atoms with Crippen molar-refractivity contribution < 1.29 is 19.0 Å². The van der Waals surface area contributed by atoms with Gasteiger partial charge in [0.05, 0.1) is 22.7 Å². The molecule has 0 saturated heterocycles. The molecule has 37 heavy (non-hydrogen) atoms. The third-order valence-corrected chi connectivity index (χ3v) is 6.71. The highest BCUT2D eigenvalue weighted by atomic mass is 19.1. The van der Waals surface area contributed by atoms with Crippen LogP contribution in [0.3, 0.4) is 0 Å². The van der Waals surface area contributed by atoms with Gasteiger partial charge in [-0.05, 0) is 61.7 Å². The average Bonchev–Trinajstić information content (AvgIpc) is 3.11. The van der Waals surface area contributed by atoms with Crippen molar-refractivity contribution in [2.45, 2.75) is 46.1 Å². The van der Waals surface area contributed by atoms with E-state index >= 15 is 0 Å². The Kier molecular flexibility index (Phi) is 6.32. The van der Waals surface area contributed by atoms with Crippen LogP contribution in [0.2, 0.25) is 0 Å². The first-order valence-electron chi connectivity index (χ1n) is 12.1. The second kappa shape index (κ2) is 9.47. The van der Waals surface area contributed by atoms with Gasteiger partial charge in [-0.1, -0.05) is 24.3 Å². The number of imidazole rings is 1. The number of aromatic nitrogens is 2. The molecule has 3 aromatic carbocycles. The van der Waals surface area contributed by atoms with Crippen LogP contribution < -0.4 is 4.74 Å². The van der Waals surface area contributed by atoms with E-state index in [2.05, 4.69) is 16.7 Å². The van der Waals surface area contributed by atoms with E-state index in [1.165, 1.54) is 12.1 Å². The van der Waals surface area contributed by atoms with Gasteiger partial charge >= 0.3 is 0 Å². The van der Waals surface area contributed by atoms with E-state index < -0.39 is 5.60 Å². The van der Waals surface area contributed by atoms with E-state index in [0.717, 1.165) is 44.7 Å². The minimum atomic E-state index is -1.04. The Morgan fingerprint density at radius 2 is 1.97 bits per heavy atom. The summed E-state index contributed by atoms with van der Waals surface area (Å²) in [5.74, 6) is 0.788. The molecule has 0 unspecified atom stereocenters. The van der Waals surface area contributed by atoms with E-state index in [1.807, 2.05) is 30.3 Å². The fraction of sp³-hybridized carbons (Fsp3) is 0.267. The fourth-order valence-corrected chi connectivity index (χ4v) is 4.98. The molecule has 0 bridgehead atoms. The lowest BCUT2D eigenvalue weighted by molar-refractivity contribution is 0.0800. The summed E-state index contributed by atoms with van der Waals surface area (Å²) in [4.78, 5) is 4.82. The van der Waals surface area contributed by atoms with Gasteiger partial charge in [-0.25, -0.2) is 9.37 Å². The van der Waals surface area contributed by atoms with Crippen molar-refractivity contribution >= 4 is 16.6 Å². The number of ether oxygens (including phenoxy) is 2. The Balaban J connectivity index is 1.61. The van der Waals surface area contributed by atoms with Crippen LogP contribution in [-0.4, -0.2) is 21.8 Å². The minimum absolute atomic E-state index is 0.250. The number of allylic oxidation sites excluding steroid dienone is 1. The molecule has 0 aliphatic carbocycles. The van der Waals surface area contributed by atoms with Gasteiger partial charge in [-0.2, -0.15) is 5.26 Å². The molecule has 1 aromatic heterocycles. The first-order valence-corrected chi connectivity index (χ1v) is 12.1. The molecule has 6 nitrogen and oxygen atoms in total. The first kappa shape index (κ1) is 24.7. The number of fused-ring (bicyclic) bond motifs is 3. The smallest absolute Gasteiger partial charge is 0.136 e. The predicted octanol–water partition coefficient (Wildman–Crippen LogP) is 5.84. The Labute approximate surface area is 215 Å². The second-order valence-corrected chi connectivity index (χ2v) is 9.81. The molecule has 1 aliphatic rings. The van der Waals surface area contributed by atoms with E-state index in [1.54, 1.807) is 33.9 Å². The summed E-state index contributed by atoms with van der Waals surface area (Å²) >= 11 is 0. The largest absolute Gasteiger partial charge is 0.488 e. The van der Waals surface area contributed by atoms with Gasteiger partial charge in [0.15, 0.2) is 0 Å². The van der Waals surface area contributed by atoms with Crippen LogP contribution in [0.4, 0.5) is 4.39 Å². The summed E-state index contributed by atoms with van der Waals surface area (Å²) in [6.07, 6.45) is 0. The standard InChI is InChI=1S/C30H28FN3O3/c1-18(14-32)28-22-10-8-19(12-20(22)16-37-26-13-21(31)9-11-23(26)28)15-34-25-7-5-6-24(30(2,3)35)29(25)33-27(34)17-36-4/h5-13,35H,15-17H2,1-4H3/b28-18-. The number of hydrogen-bond donors (Lipinski definition) is 1. The molecule has 1 N–H and O–H groups in total. The number of halogens is 1. The SMILES string of the molecule is COCc1nc2c(C(C)(C)O)cccc2n1Cc1ccc2c(c1)COc1cc(F)ccc1/C2=C(/C)C#N. The molecule has 5 rings (SSSR count). The third kappa shape index (κ3) is 4.50. The van der Waals surface area contributed by atoms with E-state index in [0.29, 0.717) is 30.0 Å². The highest BCUT2D eigenvalue weighted by Crippen LogP contribution is 2.39. The van der Waals surface area contributed by atoms with E-state index in [9.17, 15) is 14.8 Å². The number of hydrogen-bond acceptors (Lipinski definition) is 5. The summed E-state index contributed by atoms with van der Waals surface area (Å²) in [5, 5.41) is 20.4. The van der Waals surface area contributed by atoms with Crippen LogP contribution in [0.5, 0.6) is 5.75 Å². The van der Waals surface area contributed by atoms with E-state index in [-0.39, 0.29) is 12.4 Å². The molecule has 4 aromatic rings. The zero-order valence-electron chi connectivity index (χ0n) is 21.3. The number of para-hydroxylation sites is 1. The molecular weight excluding hydrogens is 469 g/mol. The van der Waals surface area contributed by atoms with Gasteiger partial charge in [-0.15, -0.1) is 0 Å². The van der Waals surface area contributed by atoms with Crippen molar-refractivity contribution in [2.75, 3.05) is 7.11 Å². The molecule has 188 valence electrons. The normalized spacial score (nSPS) is 14.4. The lowest BCUT2D eigenvalue weighted by Crippen LogP contribution is -2.16. The van der Waals surface area contributed by atoms with Gasteiger partial charge < -0.3 is 19.1 Å². The van der Waals surface area contributed by atoms with Crippen LogP contribution in [0, 0.1) is 17.1 Å². The fourth-order valence-electron chi connectivity index (χ4n) is 4.98. The summed E-state index contributed by atoms with van der Waals surface area (Å²) in [7, 11) is 1.63. The van der Waals surface area contributed by atoms with Crippen LogP contribution >= 0.6 is 0 Å². The second-order valence-electron chi connectivity index (χ2n) is 9.81. The summed E-state index contributed by atoms with van der Waals surface area (Å²) < 4.78 is 27.5. The lowest BCUT2D eigenvalue weighted by Gasteiger charge is -2.18. The van der Waals surface area contributed by atoms with Crippen molar-refractivity contribution in [3.05, 3.63) is 99.6 Å². The Hall–Kier alpha value is -3.99. The molecule has 2 heterocycles. The zero-order chi connectivity index (χ0) is 26.3. The van der Waals surface area contributed by atoms with Crippen LogP contribution in [-0.2, 0) is 30.1 Å². The number of nitrogens with zero attached hydrogens (tertiary/aromatic N) is 3. The lowest BCUT2D eigenvalue weighted by atomic mass is 9.90. The molecule has 0 atom stereocenters.